The zero-order chi connectivity index (χ0) is 19.5. The molecule has 0 radical (unpaired) electrons. The van der Waals surface area contributed by atoms with Gasteiger partial charge >= 0.3 is 0 Å². The van der Waals surface area contributed by atoms with E-state index in [1.165, 1.54) is 16.5 Å². The second-order valence-electron chi connectivity index (χ2n) is 7.78. The Balaban J connectivity index is 1.60. The highest BCUT2D eigenvalue weighted by atomic mass is 16.5. The van der Waals surface area contributed by atoms with Crippen LogP contribution in [0.25, 0.3) is 11.0 Å². The van der Waals surface area contributed by atoms with Gasteiger partial charge in [0.05, 0.1) is 6.61 Å². The van der Waals surface area contributed by atoms with E-state index in [1.807, 2.05) is 17.2 Å². The first-order valence-corrected chi connectivity index (χ1v) is 10.2. The smallest absolute Gasteiger partial charge is 0.253 e. The van der Waals surface area contributed by atoms with E-state index in [4.69, 9.17) is 9.47 Å². The van der Waals surface area contributed by atoms with Crippen LogP contribution in [-0.4, -0.2) is 65.9 Å². The summed E-state index contributed by atoms with van der Waals surface area (Å²) in [4.78, 5) is 19.8. The minimum absolute atomic E-state index is 0.108. The molecule has 7 heteroatoms. The lowest BCUT2D eigenvalue weighted by Crippen LogP contribution is -2.49. The Morgan fingerprint density at radius 3 is 3.04 bits per heavy atom. The fourth-order valence-corrected chi connectivity index (χ4v) is 4.01. The number of morpholine rings is 1. The van der Waals surface area contributed by atoms with Crippen LogP contribution in [0.2, 0.25) is 0 Å². The molecule has 1 N–H and O–H groups in total. The Labute approximate surface area is 166 Å². The number of hydrogen-bond donors (Lipinski definition) is 1. The van der Waals surface area contributed by atoms with Crippen LogP contribution in [0.4, 0.5) is 0 Å². The third kappa shape index (κ3) is 4.06. The predicted molar refractivity (Wildman–Crippen MR) is 107 cm³/mol. The van der Waals surface area contributed by atoms with Crippen molar-refractivity contribution in [1.29, 1.82) is 0 Å². The van der Waals surface area contributed by atoms with Crippen LogP contribution in [0.15, 0.2) is 18.5 Å². The molecule has 1 amide bonds. The Morgan fingerprint density at radius 1 is 1.46 bits per heavy atom. The molecule has 0 bridgehead atoms. The molecule has 1 aliphatic heterocycles. The molecule has 1 unspecified atom stereocenters. The van der Waals surface area contributed by atoms with Crippen LogP contribution in [0.1, 0.15) is 30.4 Å². The van der Waals surface area contributed by atoms with Gasteiger partial charge in [0, 0.05) is 63.7 Å². The first kappa shape index (κ1) is 19.4. The van der Waals surface area contributed by atoms with E-state index in [0.717, 1.165) is 44.6 Å². The van der Waals surface area contributed by atoms with E-state index in [2.05, 4.69) is 28.0 Å². The Morgan fingerprint density at radius 2 is 2.32 bits per heavy atom. The van der Waals surface area contributed by atoms with Gasteiger partial charge in [0.1, 0.15) is 11.8 Å². The summed E-state index contributed by atoms with van der Waals surface area (Å²) >= 11 is 0. The highest BCUT2D eigenvalue weighted by Gasteiger charge is 2.37. The van der Waals surface area contributed by atoms with Crippen LogP contribution in [0, 0.1) is 6.92 Å². The lowest BCUT2D eigenvalue weighted by molar-refractivity contribution is -0.146. The number of carbonyl (C=O) groups excluding carboxylic acids is 1. The van der Waals surface area contributed by atoms with Crippen molar-refractivity contribution in [3.63, 3.8) is 0 Å². The zero-order valence-electron chi connectivity index (χ0n) is 16.8. The number of fused-ring (bicyclic) bond motifs is 1. The molecule has 3 heterocycles. The normalized spacial score (nSPS) is 19.9. The molecule has 2 fully saturated rings. The minimum atomic E-state index is -0.372. The number of amides is 1. The summed E-state index contributed by atoms with van der Waals surface area (Å²) in [5, 5.41) is 4.43. The SMILES string of the molecule is COCCCn1cc(CN(C(=O)C2CNCCO2)C2CC2)c2c(C)ccnc21. The predicted octanol–water partition coefficient (Wildman–Crippen LogP) is 1.86. The molecular formula is C21H30N4O3. The van der Waals surface area contributed by atoms with Gasteiger partial charge in [-0.1, -0.05) is 0 Å². The lowest BCUT2D eigenvalue weighted by atomic mass is 10.1. The summed E-state index contributed by atoms with van der Waals surface area (Å²) in [6, 6.07) is 2.38. The summed E-state index contributed by atoms with van der Waals surface area (Å²) in [7, 11) is 1.73. The third-order valence-corrected chi connectivity index (χ3v) is 5.61. The fourth-order valence-electron chi connectivity index (χ4n) is 4.01. The zero-order valence-corrected chi connectivity index (χ0v) is 16.8. The van der Waals surface area contributed by atoms with Crippen molar-refractivity contribution in [1.82, 2.24) is 19.8 Å². The number of aryl methyl sites for hydroxylation is 2. The quantitative estimate of drug-likeness (QED) is 0.702. The van der Waals surface area contributed by atoms with Crippen LogP contribution >= 0.6 is 0 Å². The fraction of sp³-hybridized carbons (Fsp3) is 0.619. The lowest BCUT2D eigenvalue weighted by Gasteiger charge is -2.30. The first-order valence-electron chi connectivity index (χ1n) is 10.2. The largest absolute Gasteiger partial charge is 0.385 e. The van der Waals surface area contributed by atoms with Crippen molar-refractivity contribution in [2.45, 2.75) is 51.4 Å². The van der Waals surface area contributed by atoms with Crippen LogP contribution in [0.3, 0.4) is 0 Å². The van der Waals surface area contributed by atoms with Gasteiger partial charge in [-0.2, -0.15) is 0 Å². The van der Waals surface area contributed by atoms with Crippen molar-refractivity contribution in [3.8, 4) is 0 Å². The standard InChI is InChI=1S/C21H30N4O3/c1-15-6-7-23-20-19(15)16(13-24(20)9-3-10-27-2)14-25(17-4-5-17)21(26)18-12-22-8-11-28-18/h6-7,13,17-18,22H,3-5,8-12,14H2,1-2H3. The van der Waals surface area contributed by atoms with E-state index >= 15 is 0 Å². The van der Waals surface area contributed by atoms with Gasteiger partial charge in [-0.3, -0.25) is 4.79 Å². The average Bonchev–Trinajstić information content (AvgIpc) is 3.50. The van der Waals surface area contributed by atoms with Gasteiger partial charge < -0.3 is 24.3 Å². The maximum atomic E-state index is 13.1. The second-order valence-corrected chi connectivity index (χ2v) is 7.78. The van der Waals surface area contributed by atoms with Gasteiger partial charge in [-0.25, -0.2) is 4.98 Å². The van der Waals surface area contributed by atoms with E-state index in [9.17, 15) is 4.79 Å². The molecule has 28 heavy (non-hydrogen) atoms. The molecule has 2 aromatic heterocycles. The Hall–Kier alpha value is -1.96. The number of carbonyl (C=O) groups is 1. The van der Waals surface area contributed by atoms with Gasteiger partial charge in [-0.15, -0.1) is 0 Å². The highest BCUT2D eigenvalue weighted by molar-refractivity contribution is 5.86. The van der Waals surface area contributed by atoms with Gasteiger partial charge in [0.2, 0.25) is 0 Å². The number of rotatable bonds is 8. The molecule has 0 aromatic carbocycles. The number of pyridine rings is 1. The van der Waals surface area contributed by atoms with E-state index < -0.39 is 0 Å². The maximum Gasteiger partial charge on any atom is 0.253 e. The van der Waals surface area contributed by atoms with Crippen LogP contribution in [-0.2, 0) is 27.4 Å². The van der Waals surface area contributed by atoms with Crippen molar-refractivity contribution in [3.05, 3.63) is 29.6 Å². The number of aromatic nitrogens is 2. The summed E-state index contributed by atoms with van der Waals surface area (Å²) < 4.78 is 13.1. The number of nitrogens with one attached hydrogen (secondary N) is 1. The minimum Gasteiger partial charge on any atom is -0.385 e. The molecule has 1 aliphatic carbocycles. The molecule has 152 valence electrons. The number of ether oxygens (including phenoxy) is 2. The van der Waals surface area contributed by atoms with Gasteiger partial charge in [0.25, 0.3) is 5.91 Å². The number of nitrogens with zero attached hydrogens (tertiary/aromatic N) is 3. The summed E-state index contributed by atoms with van der Waals surface area (Å²) in [6.45, 7) is 6.31. The molecule has 1 atom stereocenters. The molecule has 1 saturated heterocycles. The Kier molecular flexibility index (Phi) is 5.94. The van der Waals surface area contributed by atoms with Crippen LogP contribution < -0.4 is 5.32 Å². The van der Waals surface area contributed by atoms with Gasteiger partial charge in [-0.05, 0) is 43.4 Å². The molecule has 1 saturated carbocycles. The van der Waals surface area contributed by atoms with Crippen molar-refractivity contribution < 1.29 is 14.3 Å². The van der Waals surface area contributed by atoms with Crippen molar-refractivity contribution in [2.75, 3.05) is 33.4 Å². The third-order valence-electron chi connectivity index (χ3n) is 5.61. The summed E-state index contributed by atoms with van der Waals surface area (Å²) in [6.07, 6.45) is 6.75. The van der Waals surface area contributed by atoms with E-state index in [0.29, 0.717) is 25.7 Å². The average molecular weight is 386 g/mol. The summed E-state index contributed by atoms with van der Waals surface area (Å²) in [5.41, 5.74) is 3.36. The molecular weight excluding hydrogens is 356 g/mol. The van der Waals surface area contributed by atoms with E-state index in [-0.39, 0.29) is 12.0 Å². The molecule has 2 aliphatic rings. The monoisotopic (exact) mass is 386 g/mol. The molecule has 7 nitrogen and oxygen atoms in total. The maximum absolute atomic E-state index is 13.1. The number of hydrogen-bond acceptors (Lipinski definition) is 5. The van der Waals surface area contributed by atoms with Gasteiger partial charge in [0.15, 0.2) is 0 Å². The second kappa shape index (κ2) is 8.59. The molecule has 0 spiro atoms. The number of methoxy groups -OCH3 is 1. The first-order chi connectivity index (χ1) is 13.7. The molecule has 2 aromatic rings. The summed E-state index contributed by atoms with van der Waals surface area (Å²) in [5.74, 6) is 0.108. The molecule has 4 rings (SSSR count). The topological polar surface area (TPSA) is 68.6 Å². The Bertz CT molecular complexity index is 824. The van der Waals surface area contributed by atoms with Crippen molar-refractivity contribution >= 4 is 16.9 Å². The highest BCUT2D eigenvalue weighted by Crippen LogP contribution is 2.32. The van der Waals surface area contributed by atoms with Crippen molar-refractivity contribution in [2.24, 2.45) is 0 Å². The van der Waals surface area contributed by atoms with E-state index in [1.54, 1.807) is 7.11 Å². The van der Waals surface area contributed by atoms with Crippen LogP contribution in [0.5, 0.6) is 0 Å².